The molecule has 0 aliphatic heterocycles. The number of alkyl carbamates (subject to hydrolysis) is 1. The summed E-state index contributed by atoms with van der Waals surface area (Å²) < 4.78 is 9.94. The SMILES string of the molecule is COC[C@@H](C)NC(=O)OCc1ccccc1. The lowest BCUT2D eigenvalue weighted by molar-refractivity contribution is 0.123. The maximum atomic E-state index is 11.3. The molecule has 0 spiro atoms. The van der Waals surface area contributed by atoms with Crippen molar-refractivity contribution < 1.29 is 14.3 Å². The molecule has 1 atom stereocenters. The number of hydrogen-bond acceptors (Lipinski definition) is 3. The molecule has 0 fully saturated rings. The van der Waals surface area contributed by atoms with Crippen LogP contribution in [-0.2, 0) is 16.1 Å². The average molecular weight is 223 g/mol. The summed E-state index contributed by atoms with van der Waals surface area (Å²) in [5.41, 5.74) is 0.969. The van der Waals surface area contributed by atoms with Crippen molar-refractivity contribution in [2.24, 2.45) is 0 Å². The Morgan fingerprint density at radius 2 is 2.06 bits per heavy atom. The summed E-state index contributed by atoms with van der Waals surface area (Å²) in [6.45, 7) is 2.61. The highest BCUT2D eigenvalue weighted by atomic mass is 16.5. The standard InChI is InChI=1S/C12H17NO3/c1-10(8-15-2)13-12(14)16-9-11-6-4-3-5-7-11/h3-7,10H,8-9H2,1-2H3,(H,13,14)/t10-/m1/s1. The summed E-state index contributed by atoms with van der Waals surface area (Å²) >= 11 is 0. The summed E-state index contributed by atoms with van der Waals surface area (Å²) in [7, 11) is 1.59. The van der Waals surface area contributed by atoms with Crippen LogP contribution in [0, 0.1) is 0 Å². The lowest BCUT2D eigenvalue weighted by Gasteiger charge is -2.12. The Bertz CT molecular complexity index is 313. The van der Waals surface area contributed by atoms with Gasteiger partial charge in [0.15, 0.2) is 0 Å². The van der Waals surface area contributed by atoms with E-state index in [1.807, 2.05) is 37.3 Å². The second kappa shape index (κ2) is 6.85. The first-order valence-corrected chi connectivity index (χ1v) is 5.18. The van der Waals surface area contributed by atoms with Gasteiger partial charge in [0.1, 0.15) is 6.61 Å². The largest absolute Gasteiger partial charge is 0.445 e. The van der Waals surface area contributed by atoms with Crippen LogP contribution in [0.5, 0.6) is 0 Å². The second-order valence-corrected chi connectivity index (χ2v) is 3.56. The maximum Gasteiger partial charge on any atom is 0.407 e. The number of benzene rings is 1. The molecular formula is C12H17NO3. The van der Waals surface area contributed by atoms with Crippen molar-refractivity contribution in [2.75, 3.05) is 13.7 Å². The highest BCUT2D eigenvalue weighted by Crippen LogP contribution is 2.00. The first-order chi connectivity index (χ1) is 7.72. The Balaban J connectivity index is 2.25. The fraction of sp³-hybridized carbons (Fsp3) is 0.417. The van der Waals surface area contributed by atoms with E-state index in [-0.39, 0.29) is 12.6 Å². The molecule has 0 radical (unpaired) electrons. The zero-order valence-electron chi connectivity index (χ0n) is 9.60. The maximum absolute atomic E-state index is 11.3. The van der Waals surface area contributed by atoms with Gasteiger partial charge in [-0.1, -0.05) is 30.3 Å². The van der Waals surface area contributed by atoms with Gasteiger partial charge in [-0.3, -0.25) is 0 Å². The number of ether oxygens (including phenoxy) is 2. The van der Waals surface area contributed by atoms with Crippen LogP contribution in [-0.4, -0.2) is 25.9 Å². The molecule has 0 heterocycles. The fourth-order valence-electron chi connectivity index (χ4n) is 1.26. The van der Waals surface area contributed by atoms with Gasteiger partial charge >= 0.3 is 6.09 Å². The Morgan fingerprint density at radius 1 is 1.38 bits per heavy atom. The van der Waals surface area contributed by atoms with E-state index < -0.39 is 6.09 Å². The molecule has 0 bridgehead atoms. The van der Waals surface area contributed by atoms with E-state index in [4.69, 9.17) is 9.47 Å². The monoisotopic (exact) mass is 223 g/mol. The van der Waals surface area contributed by atoms with Crippen LogP contribution < -0.4 is 5.32 Å². The molecule has 88 valence electrons. The molecule has 1 aromatic rings. The average Bonchev–Trinajstić information content (AvgIpc) is 2.28. The minimum absolute atomic E-state index is 0.0479. The Labute approximate surface area is 95.6 Å². The van der Waals surface area contributed by atoms with Crippen LogP contribution in [0.2, 0.25) is 0 Å². The molecule has 0 aromatic heterocycles. The molecule has 1 amide bonds. The Morgan fingerprint density at radius 3 is 2.69 bits per heavy atom. The lowest BCUT2D eigenvalue weighted by atomic mass is 10.2. The third-order valence-corrected chi connectivity index (χ3v) is 1.99. The van der Waals surface area contributed by atoms with Crippen molar-refractivity contribution in [1.29, 1.82) is 0 Å². The predicted octanol–water partition coefficient (Wildman–Crippen LogP) is 1.95. The molecule has 0 aliphatic carbocycles. The molecular weight excluding hydrogens is 206 g/mol. The minimum atomic E-state index is -0.423. The van der Waals surface area contributed by atoms with Crippen molar-refractivity contribution in [3.8, 4) is 0 Å². The van der Waals surface area contributed by atoms with E-state index in [0.29, 0.717) is 6.61 Å². The van der Waals surface area contributed by atoms with Gasteiger partial charge < -0.3 is 14.8 Å². The van der Waals surface area contributed by atoms with Crippen LogP contribution in [0.3, 0.4) is 0 Å². The van der Waals surface area contributed by atoms with Gasteiger partial charge in [-0.2, -0.15) is 0 Å². The Hall–Kier alpha value is -1.55. The molecule has 1 aromatic carbocycles. The van der Waals surface area contributed by atoms with Gasteiger partial charge in [-0.25, -0.2) is 4.79 Å². The van der Waals surface area contributed by atoms with Crippen LogP contribution in [0.15, 0.2) is 30.3 Å². The predicted molar refractivity (Wildman–Crippen MR) is 61.1 cm³/mol. The van der Waals surface area contributed by atoms with Gasteiger partial charge in [0.2, 0.25) is 0 Å². The van der Waals surface area contributed by atoms with Crippen LogP contribution >= 0.6 is 0 Å². The molecule has 0 saturated carbocycles. The highest BCUT2D eigenvalue weighted by molar-refractivity contribution is 5.67. The molecule has 0 saturated heterocycles. The van der Waals surface area contributed by atoms with Gasteiger partial charge in [-0.15, -0.1) is 0 Å². The number of methoxy groups -OCH3 is 1. The topological polar surface area (TPSA) is 47.6 Å². The second-order valence-electron chi connectivity index (χ2n) is 3.56. The van der Waals surface area contributed by atoms with Crippen molar-refractivity contribution in [3.05, 3.63) is 35.9 Å². The van der Waals surface area contributed by atoms with Crippen LogP contribution in [0.1, 0.15) is 12.5 Å². The van der Waals surface area contributed by atoms with E-state index in [9.17, 15) is 4.79 Å². The number of amides is 1. The number of carbonyl (C=O) groups excluding carboxylic acids is 1. The Kier molecular flexibility index (Phi) is 5.36. The number of rotatable bonds is 5. The third-order valence-electron chi connectivity index (χ3n) is 1.99. The minimum Gasteiger partial charge on any atom is -0.445 e. The van der Waals surface area contributed by atoms with E-state index in [0.717, 1.165) is 5.56 Å². The first kappa shape index (κ1) is 12.5. The van der Waals surface area contributed by atoms with Gasteiger partial charge in [0.25, 0.3) is 0 Å². The molecule has 1 N–H and O–H groups in total. The van der Waals surface area contributed by atoms with Gasteiger partial charge in [0.05, 0.1) is 12.6 Å². The van der Waals surface area contributed by atoms with Crippen LogP contribution in [0.25, 0.3) is 0 Å². The number of nitrogens with one attached hydrogen (secondary N) is 1. The summed E-state index contributed by atoms with van der Waals surface area (Å²) in [5.74, 6) is 0. The highest BCUT2D eigenvalue weighted by Gasteiger charge is 2.07. The van der Waals surface area contributed by atoms with Crippen molar-refractivity contribution in [1.82, 2.24) is 5.32 Å². The lowest BCUT2D eigenvalue weighted by Crippen LogP contribution is -2.35. The van der Waals surface area contributed by atoms with E-state index in [2.05, 4.69) is 5.32 Å². The van der Waals surface area contributed by atoms with Crippen molar-refractivity contribution in [2.45, 2.75) is 19.6 Å². The summed E-state index contributed by atoms with van der Waals surface area (Å²) in [5, 5.41) is 2.66. The number of carbonyl (C=O) groups is 1. The molecule has 0 aliphatic rings. The number of hydrogen-bond donors (Lipinski definition) is 1. The molecule has 16 heavy (non-hydrogen) atoms. The normalized spacial score (nSPS) is 11.9. The summed E-state index contributed by atoms with van der Waals surface area (Å²) in [4.78, 5) is 11.3. The fourth-order valence-corrected chi connectivity index (χ4v) is 1.26. The zero-order valence-corrected chi connectivity index (χ0v) is 9.60. The molecule has 0 unspecified atom stereocenters. The smallest absolute Gasteiger partial charge is 0.407 e. The van der Waals surface area contributed by atoms with Gasteiger partial charge in [0, 0.05) is 7.11 Å². The summed E-state index contributed by atoms with van der Waals surface area (Å²) in [6, 6.07) is 9.50. The first-order valence-electron chi connectivity index (χ1n) is 5.18. The molecule has 4 nitrogen and oxygen atoms in total. The van der Waals surface area contributed by atoms with Crippen LogP contribution in [0.4, 0.5) is 4.79 Å². The van der Waals surface area contributed by atoms with Crippen molar-refractivity contribution >= 4 is 6.09 Å². The molecule has 4 heteroatoms. The quantitative estimate of drug-likeness (QED) is 0.830. The third kappa shape index (κ3) is 4.79. The zero-order chi connectivity index (χ0) is 11.8. The molecule has 1 rings (SSSR count). The summed E-state index contributed by atoms with van der Waals surface area (Å²) in [6.07, 6.45) is -0.423. The van der Waals surface area contributed by atoms with Crippen molar-refractivity contribution in [3.63, 3.8) is 0 Å². The van der Waals surface area contributed by atoms with E-state index in [1.165, 1.54) is 0 Å². The van der Waals surface area contributed by atoms with E-state index >= 15 is 0 Å². The van der Waals surface area contributed by atoms with E-state index in [1.54, 1.807) is 7.11 Å². The van der Waals surface area contributed by atoms with Gasteiger partial charge in [-0.05, 0) is 12.5 Å².